The van der Waals surface area contributed by atoms with E-state index in [0.717, 1.165) is 22.4 Å². The van der Waals surface area contributed by atoms with E-state index in [0.29, 0.717) is 35.7 Å². The molecular weight excluding hydrogens is 480 g/mol. The van der Waals surface area contributed by atoms with Crippen LogP contribution in [-0.2, 0) is 25.8 Å². The van der Waals surface area contributed by atoms with E-state index in [1.165, 1.54) is 4.90 Å². The van der Waals surface area contributed by atoms with Crippen LogP contribution >= 0.6 is 0 Å². The summed E-state index contributed by atoms with van der Waals surface area (Å²) in [6.07, 6.45) is 3.68. The molecule has 1 N–H and O–H groups in total. The van der Waals surface area contributed by atoms with Gasteiger partial charge in [0.15, 0.2) is 16.4 Å². The maximum absolute atomic E-state index is 13.3. The third-order valence-electron chi connectivity index (χ3n) is 6.86. The molecular formula is C27H26N2O6S. The lowest BCUT2D eigenvalue weighted by atomic mass is 10.0. The Bertz CT molecular complexity index is 1490. The number of phenolic OH excluding ortho intramolecular Hbond substituents is 1. The normalized spacial score (nSPS) is 19.4. The number of aromatic nitrogens is 1. The van der Waals surface area contributed by atoms with Crippen LogP contribution in [0.3, 0.4) is 0 Å². The van der Waals surface area contributed by atoms with E-state index >= 15 is 0 Å². The van der Waals surface area contributed by atoms with Crippen molar-refractivity contribution < 1.29 is 27.9 Å². The number of hydrogen-bond acceptors (Lipinski definition) is 7. The molecule has 8 nitrogen and oxygen atoms in total. The van der Waals surface area contributed by atoms with Gasteiger partial charge >= 0.3 is 5.97 Å². The number of sulfone groups is 1. The van der Waals surface area contributed by atoms with E-state index in [-0.39, 0.29) is 17.3 Å². The average Bonchev–Trinajstić information content (AvgIpc) is 3.43. The Morgan fingerprint density at radius 2 is 1.89 bits per heavy atom. The molecule has 0 spiro atoms. The van der Waals surface area contributed by atoms with Crippen molar-refractivity contribution in [1.29, 1.82) is 0 Å². The number of carbonyl (C=O) groups excluding carboxylic acids is 2. The number of fused-ring (bicyclic) bond motifs is 2. The van der Waals surface area contributed by atoms with Gasteiger partial charge in [0, 0.05) is 18.5 Å². The molecule has 0 bridgehead atoms. The lowest BCUT2D eigenvalue weighted by molar-refractivity contribution is -0.134. The molecule has 1 aliphatic heterocycles. The van der Waals surface area contributed by atoms with E-state index in [2.05, 4.69) is 0 Å². The number of esters is 1. The first-order chi connectivity index (χ1) is 17.2. The van der Waals surface area contributed by atoms with Crippen molar-refractivity contribution in [3.05, 3.63) is 70.9 Å². The van der Waals surface area contributed by atoms with E-state index < -0.39 is 34.4 Å². The molecule has 1 atom stereocenters. The van der Waals surface area contributed by atoms with Crippen molar-refractivity contribution in [2.24, 2.45) is 0 Å². The van der Waals surface area contributed by atoms with E-state index in [9.17, 15) is 23.1 Å². The monoisotopic (exact) mass is 506 g/mol. The zero-order valence-electron chi connectivity index (χ0n) is 19.8. The lowest BCUT2D eigenvalue weighted by Crippen LogP contribution is -2.40. The molecule has 9 heteroatoms. The molecule has 1 fully saturated rings. The summed E-state index contributed by atoms with van der Waals surface area (Å²) >= 11 is 0. The number of ether oxygens (including phenoxy) is 1. The van der Waals surface area contributed by atoms with Crippen LogP contribution in [0.1, 0.15) is 40.0 Å². The zero-order chi connectivity index (χ0) is 25.4. The van der Waals surface area contributed by atoms with Gasteiger partial charge in [-0.3, -0.25) is 4.79 Å². The summed E-state index contributed by atoms with van der Waals surface area (Å²) < 4.78 is 29.0. The third-order valence-corrected chi connectivity index (χ3v) is 8.61. The first-order valence-electron chi connectivity index (χ1n) is 11.8. The number of para-hydroxylation sites is 1. The van der Waals surface area contributed by atoms with Crippen LogP contribution in [-0.4, -0.2) is 66.5 Å². The van der Waals surface area contributed by atoms with Gasteiger partial charge in [0.05, 0.1) is 28.3 Å². The average molecular weight is 507 g/mol. The van der Waals surface area contributed by atoms with E-state index in [4.69, 9.17) is 9.72 Å². The summed E-state index contributed by atoms with van der Waals surface area (Å²) in [7, 11) is -1.59. The van der Waals surface area contributed by atoms with Crippen LogP contribution in [0, 0.1) is 0 Å². The highest BCUT2D eigenvalue weighted by Gasteiger charge is 2.33. The SMILES string of the molecule is CN(C(=O)COC(=O)c1c2c(nc3ccccc13)/C(=C\c1ccc(O)cc1)CC2)C1CCS(=O)(=O)C1. The molecule has 186 valence electrons. The second-order valence-corrected chi connectivity index (χ2v) is 11.5. The van der Waals surface area contributed by atoms with Crippen LogP contribution in [0.5, 0.6) is 5.75 Å². The number of aromatic hydroxyl groups is 1. The molecule has 2 aliphatic rings. The van der Waals surface area contributed by atoms with E-state index in [1.807, 2.05) is 42.5 Å². The fraction of sp³-hybridized carbons (Fsp3) is 0.296. The van der Waals surface area contributed by atoms with Gasteiger partial charge in [-0.25, -0.2) is 18.2 Å². The van der Waals surface area contributed by atoms with Gasteiger partial charge in [-0.15, -0.1) is 0 Å². The Kier molecular flexibility index (Phi) is 6.26. The fourth-order valence-corrected chi connectivity index (χ4v) is 6.64. The van der Waals surface area contributed by atoms with Crippen LogP contribution in [0.4, 0.5) is 0 Å². The molecule has 1 saturated heterocycles. The number of pyridine rings is 1. The maximum atomic E-state index is 13.3. The number of phenols is 1. The van der Waals surface area contributed by atoms with Gasteiger partial charge in [-0.05, 0) is 60.2 Å². The van der Waals surface area contributed by atoms with Crippen molar-refractivity contribution in [3.63, 3.8) is 0 Å². The zero-order valence-corrected chi connectivity index (χ0v) is 20.6. The van der Waals surface area contributed by atoms with Gasteiger partial charge in [0.25, 0.3) is 5.91 Å². The molecule has 2 heterocycles. The van der Waals surface area contributed by atoms with Gasteiger partial charge in [0.1, 0.15) is 5.75 Å². The summed E-state index contributed by atoms with van der Waals surface area (Å²) in [6.45, 7) is -0.465. The van der Waals surface area contributed by atoms with Crippen molar-refractivity contribution in [2.75, 3.05) is 25.2 Å². The minimum atomic E-state index is -3.14. The second-order valence-electron chi connectivity index (χ2n) is 9.23. The summed E-state index contributed by atoms with van der Waals surface area (Å²) in [5.41, 5.74) is 4.47. The Labute approximate surface area is 209 Å². The number of nitrogens with zero attached hydrogens (tertiary/aromatic N) is 2. The number of amides is 1. The Hall–Kier alpha value is -3.72. The van der Waals surface area contributed by atoms with Gasteiger partial charge in [0.2, 0.25) is 0 Å². The number of allylic oxidation sites excluding steroid dienone is 1. The first-order valence-corrected chi connectivity index (χ1v) is 13.6. The van der Waals surface area contributed by atoms with Gasteiger partial charge in [-0.1, -0.05) is 30.3 Å². The van der Waals surface area contributed by atoms with Crippen LogP contribution in [0.15, 0.2) is 48.5 Å². The molecule has 3 aromatic rings. The molecule has 1 unspecified atom stereocenters. The third kappa shape index (κ3) is 4.70. The predicted molar refractivity (Wildman–Crippen MR) is 136 cm³/mol. The molecule has 1 aromatic heterocycles. The maximum Gasteiger partial charge on any atom is 0.339 e. The van der Waals surface area contributed by atoms with Gasteiger partial charge < -0.3 is 14.7 Å². The van der Waals surface area contributed by atoms with Crippen LogP contribution in [0.2, 0.25) is 0 Å². The number of hydrogen-bond donors (Lipinski definition) is 1. The van der Waals surface area contributed by atoms with Crippen molar-refractivity contribution in [2.45, 2.75) is 25.3 Å². The first kappa shape index (κ1) is 24.0. The molecule has 36 heavy (non-hydrogen) atoms. The Morgan fingerprint density at radius 1 is 1.14 bits per heavy atom. The minimum absolute atomic E-state index is 0.0597. The van der Waals surface area contributed by atoms with Crippen LogP contribution in [0.25, 0.3) is 22.6 Å². The summed E-state index contributed by atoms with van der Waals surface area (Å²) in [5, 5.41) is 10.2. The highest BCUT2D eigenvalue weighted by molar-refractivity contribution is 7.91. The van der Waals surface area contributed by atoms with E-state index in [1.54, 1.807) is 19.2 Å². The largest absolute Gasteiger partial charge is 0.508 e. The minimum Gasteiger partial charge on any atom is -0.508 e. The van der Waals surface area contributed by atoms with Crippen LogP contribution < -0.4 is 0 Å². The number of likely N-dealkylation sites (N-methyl/N-ethyl adjacent to an activating group) is 1. The standard InChI is InChI=1S/C27H26N2O6S/c1-29(19-12-13-36(33,34)16-19)24(31)15-35-27(32)25-21-4-2-3-5-23(21)28-26-18(8-11-22(25)26)14-17-6-9-20(30)10-7-17/h2-7,9-10,14,19,30H,8,11-13,15-16H2,1H3/b18-14-. The summed E-state index contributed by atoms with van der Waals surface area (Å²) in [6, 6.07) is 13.8. The Balaban J connectivity index is 1.42. The molecule has 1 aliphatic carbocycles. The Morgan fingerprint density at radius 3 is 2.61 bits per heavy atom. The predicted octanol–water partition coefficient (Wildman–Crippen LogP) is 3.23. The van der Waals surface area contributed by atoms with Crippen molar-refractivity contribution in [1.82, 2.24) is 9.88 Å². The number of carbonyl (C=O) groups is 2. The molecule has 2 aromatic carbocycles. The van der Waals surface area contributed by atoms with Crippen molar-refractivity contribution >= 4 is 44.3 Å². The smallest absolute Gasteiger partial charge is 0.339 e. The molecule has 1 amide bonds. The highest BCUT2D eigenvalue weighted by Crippen LogP contribution is 2.38. The topological polar surface area (TPSA) is 114 Å². The summed E-state index contributed by atoms with van der Waals surface area (Å²) in [4.78, 5) is 32.2. The van der Waals surface area contributed by atoms with Gasteiger partial charge in [-0.2, -0.15) is 0 Å². The quantitative estimate of drug-likeness (QED) is 0.529. The lowest BCUT2D eigenvalue weighted by Gasteiger charge is -2.23. The fourth-order valence-electron chi connectivity index (χ4n) is 4.87. The molecule has 5 rings (SSSR count). The summed E-state index contributed by atoms with van der Waals surface area (Å²) in [5.74, 6) is -0.857. The molecule has 0 saturated carbocycles. The highest BCUT2D eigenvalue weighted by atomic mass is 32.2. The molecule has 0 radical (unpaired) electrons. The van der Waals surface area contributed by atoms with Crippen molar-refractivity contribution in [3.8, 4) is 5.75 Å². The number of rotatable bonds is 5. The number of benzene rings is 2. The second kappa shape index (κ2) is 9.39.